The molecule has 0 unspecified atom stereocenters. The van der Waals surface area contributed by atoms with Crippen molar-refractivity contribution >= 4 is 33.2 Å². The van der Waals surface area contributed by atoms with E-state index in [4.69, 9.17) is 11.6 Å². The van der Waals surface area contributed by atoms with Crippen LogP contribution in [0.3, 0.4) is 0 Å². The Morgan fingerprint density at radius 2 is 1.89 bits per heavy atom. The summed E-state index contributed by atoms with van der Waals surface area (Å²) in [6, 6.07) is 8.70. The van der Waals surface area contributed by atoms with Gasteiger partial charge in [-0.2, -0.15) is 0 Å². The minimum absolute atomic E-state index is 0.316. The lowest BCUT2D eigenvalue weighted by Gasteiger charge is -2.13. The Balaban J connectivity index is 2.19. The molecule has 1 N–H and O–H groups in total. The number of rotatable bonds is 3. The van der Waals surface area contributed by atoms with Gasteiger partial charge in [-0.3, -0.25) is 0 Å². The van der Waals surface area contributed by atoms with Crippen LogP contribution >= 0.6 is 27.5 Å². The average Bonchev–Trinajstić information content (AvgIpc) is 2.25. The number of benzene rings is 2. The second-order valence-corrected chi connectivity index (χ2v) is 5.86. The highest BCUT2D eigenvalue weighted by molar-refractivity contribution is 9.10. The summed E-state index contributed by atoms with van der Waals surface area (Å²) in [7, 11) is 0. The normalized spacial score (nSPS) is 10.6. The minimum atomic E-state index is -0.316. The SMILES string of the molecule is Cc1cc(C)c(NCc2cc(F)cc(Cl)c2)c(Br)c1. The molecule has 0 aliphatic heterocycles. The topological polar surface area (TPSA) is 12.0 Å². The molecule has 0 bridgehead atoms. The molecule has 2 rings (SSSR count). The molecule has 2 aromatic carbocycles. The fourth-order valence-electron chi connectivity index (χ4n) is 2.04. The molecule has 0 atom stereocenters. The van der Waals surface area contributed by atoms with Gasteiger partial charge in [0.05, 0.1) is 5.69 Å². The molecule has 0 heterocycles. The summed E-state index contributed by atoms with van der Waals surface area (Å²) < 4.78 is 14.3. The van der Waals surface area contributed by atoms with Crippen LogP contribution in [0.5, 0.6) is 0 Å². The zero-order chi connectivity index (χ0) is 14.0. The molecular formula is C15H14BrClFN. The lowest BCUT2D eigenvalue weighted by molar-refractivity contribution is 0.626. The summed E-state index contributed by atoms with van der Waals surface area (Å²) in [5.41, 5.74) is 4.18. The van der Waals surface area contributed by atoms with Crippen LogP contribution in [0.25, 0.3) is 0 Å². The predicted molar refractivity (Wildman–Crippen MR) is 82.4 cm³/mol. The quantitative estimate of drug-likeness (QED) is 0.780. The van der Waals surface area contributed by atoms with Gasteiger partial charge in [0.15, 0.2) is 0 Å². The molecular weight excluding hydrogens is 329 g/mol. The number of anilines is 1. The number of nitrogens with one attached hydrogen (secondary N) is 1. The van der Waals surface area contributed by atoms with Crippen LogP contribution < -0.4 is 5.32 Å². The fraction of sp³-hybridized carbons (Fsp3) is 0.200. The molecule has 0 spiro atoms. The van der Waals surface area contributed by atoms with Crippen molar-refractivity contribution in [2.75, 3.05) is 5.32 Å². The lowest BCUT2D eigenvalue weighted by Crippen LogP contribution is -2.02. The van der Waals surface area contributed by atoms with Crippen LogP contribution in [0, 0.1) is 19.7 Å². The van der Waals surface area contributed by atoms with E-state index >= 15 is 0 Å². The highest BCUT2D eigenvalue weighted by atomic mass is 79.9. The van der Waals surface area contributed by atoms with E-state index in [2.05, 4.69) is 27.3 Å². The molecule has 100 valence electrons. The third kappa shape index (κ3) is 3.71. The molecule has 0 fully saturated rings. The van der Waals surface area contributed by atoms with Gasteiger partial charge in [-0.15, -0.1) is 0 Å². The molecule has 0 saturated heterocycles. The summed E-state index contributed by atoms with van der Waals surface area (Å²) in [5, 5.41) is 3.72. The van der Waals surface area contributed by atoms with Gasteiger partial charge < -0.3 is 5.32 Å². The molecule has 4 heteroatoms. The average molecular weight is 343 g/mol. The molecule has 2 aromatic rings. The monoisotopic (exact) mass is 341 g/mol. The maximum Gasteiger partial charge on any atom is 0.125 e. The standard InChI is InChI=1S/C15H14BrClFN/c1-9-3-10(2)15(14(16)4-9)19-8-11-5-12(17)7-13(18)6-11/h3-7,19H,8H2,1-2H3. The summed E-state index contributed by atoms with van der Waals surface area (Å²) in [5.74, 6) is -0.316. The maximum absolute atomic E-state index is 13.2. The van der Waals surface area contributed by atoms with E-state index in [-0.39, 0.29) is 5.82 Å². The van der Waals surface area contributed by atoms with Gasteiger partial charge in [-0.1, -0.05) is 17.7 Å². The van der Waals surface area contributed by atoms with Gasteiger partial charge in [0.2, 0.25) is 0 Å². The first-order chi connectivity index (χ1) is 8.95. The lowest BCUT2D eigenvalue weighted by atomic mass is 10.1. The molecule has 0 saturated carbocycles. The van der Waals surface area contributed by atoms with Gasteiger partial charge >= 0.3 is 0 Å². The Labute approximate surface area is 125 Å². The fourth-order valence-corrected chi connectivity index (χ4v) is 3.10. The van der Waals surface area contributed by atoms with Crippen LogP contribution in [-0.4, -0.2) is 0 Å². The van der Waals surface area contributed by atoms with Gasteiger partial charge in [-0.25, -0.2) is 4.39 Å². The summed E-state index contributed by atoms with van der Waals surface area (Å²) in [4.78, 5) is 0. The molecule has 0 aliphatic rings. The molecule has 1 nitrogen and oxygen atoms in total. The van der Waals surface area contributed by atoms with Crippen molar-refractivity contribution in [1.82, 2.24) is 0 Å². The third-order valence-electron chi connectivity index (χ3n) is 2.82. The van der Waals surface area contributed by atoms with Crippen LogP contribution in [-0.2, 0) is 6.54 Å². The van der Waals surface area contributed by atoms with E-state index in [1.165, 1.54) is 17.7 Å². The van der Waals surface area contributed by atoms with Crippen molar-refractivity contribution in [2.24, 2.45) is 0 Å². The van der Waals surface area contributed by atoms with Crippen LogP contribution in [0.2, 0.25) is 5.02 Å². The highest BCUT2D eigenvalue weighted by Gasteiger charge is 2.05. The Bertz CT molecular complexity index is 570. The third-order valence-corrected chi connectivity index (χ3v) is 3.67. The first-order valence-electron chi connectivity index (χ1n) is 5.91. The van der Waals surface area contributed by atoms with E-state index in [9.17, 15) is 4.39 Å². The van der Waals surface area contributed by atoms with Crippen LogP contribution in [0.4, 0.5) is 10.1 Å². The van der Waals surface area contributed by atoms with E-state index in [1.807, 2.05) is 19.9 Å². The Morgan fingerprint density at radius 3 is 2.53 bits per heavy atom. The van der Waals surface area contributed by atoms with Crippen molar-refractivity contribution in [3.63, 3.8) is 0 Å². The van der Waals surface area contributed by atoms with Crippen LogP contribution in [0.15, 0.2) is 34.8 Å². The van der Waals surface area contributed by atoms with Crippen molar-refractivity contribution in [2.45, 2.75) is 20.4 Å². The van der Waals surface area contributed by atoms with Gasteiger partial charge in [0.25, 0.3) is 0 Å². The van der Waals surface area contributed by atoms with Gasteiger partial charge in [0, 0.05) is 16.0 Å². The molecule has 0 aliphatic carbocycles. The maximum atomic E-state index is 13.2. The van der Waals surface area contributed by atoms with E-state index in [0.717, 1.165) is 21.3 Å². The smallest absolute Gasteiger partial charge is 0.125 e. The number of hydrogen-bond donors (Lipinski definition) is 1. The first kappa shape index (κ1) is 14.4. The second kappa shape index (κ2) is 5.93. The van der Waals surface area contributed by atoms with E-state index in [1.54, 1.807) is 6.07 Å². The Morgan fingerprint density at radius 1 is 1.16 bits per heavy atom. The first-order valence-corrected chi connectivity index (χ1v) is 7.08. The number of halogens is 3. The summed E-state index contributed by atoms with van der Waals surface area (Å²) in [6.45, 7) is 4.62. The van der Waals surface area contributed by atoms with E-state index < -0.39 is 0 Å². The van der Waals surface area contributed by atoms with Crippen molar-refractivity contribution in [1.29, 1.82) is 0 Å². The van der Waals surface area contributed by atoms with Gasteiger partial charge in [-0.05, 0) is 70.7 Å². The van der Waals surface area contributed by atoms with Crippen molar-refractivity contribution < 1.29 is 4.39 Å². The number of aryl methyl sites for hydroxylation is 2. The molecule has 0 aromatic heterocycles. The largest absolute Gasteiger partial charge is 0.380 e. The number of hydrogen-bond acceptors (Lipinski definition) is 1. The minimum Gasteiger partial charge on any atom is -0.380 e. The second-order valence-electron chi connectivity index (χ2n) is 4.57. The zero-order valence-corrected chi connectivity index (χ0v) is 13.1. The van der Waals surface area contributed by atoms with Crippen molar-refractivity contribution in [3.8, 4) is 0 Å². The Kier molecular flexibility index (Phi) is 4.48. The molecule has 0 radical (unpaired) electrons. The molecule has 19 heavy (non-hydrogen) atoms. The summed E-state index contributed by atoms with van der Waals surface area (Å²) >= 11 is 9.38. The predicted octanol–water partition coefficient (Wildman–Crippen LogP) is 5.47. The Hall–Kier alpha value is -1.06. The van der Waals surface area contributed by atoms with Gasteiger partial charge in [0.1, 0.15) is 5.82 Å². The summed E-state index contributed by atoms with van der Waals surface area (Å²) in [6.07, 6.45) is 0. The van der Waals surface area contributed by atoms with Crippen LogP contribution in [0.1, 0.15) is 16.7 Å². The highest BCUT2D eigenvalue weighted by Crippen LogP contribution is 2.28. The zero-order valence-electron chi connectivity index (χ0n) is 10.7. The van der Waals surface area contributed by atoms with Crippen molar-refractivity contribution in [3.05, 3.63) is 62.3 Å². The molecule has 0 amide bonds. The van der Waals surface area contributed by atoms with E-state index in [0.29, 0.717) is 11.6 Å².